The van der Waals surface area contributed by atoms with E-state index >= 15 is 0 Å². The molecule has 5 rings (SSSR count). The largest absolute Gasteiger partial charge is 0.508 e. The zero-order valence-corrected chi connectivity index (χ0v) is 20.5. The molecule has 9 heteroatoms. The van der Waals surface area contributed by atoms with E-state index in [9.17, 15) is 24.2 Å². The summed E-state index contributed by atoms with van der Waals surface area (Å²) in [7, 11) is 1.90. The number of hydrogen-bond acceptors (Lipinski definition) is 4. The lowest BCUT2D eigenvalue weighted by Gasteiger charge is -2.22. The highest BCUT2D eigenvalue weighted by molar-refractivity contribution is 5.96. The summed E-state index contributed by atoms with van der Waals surface area (Å²) < 4.78 is 17.4. The molecule has 1 saturated carbocycles. The van der Waals surface area contributed by atoms with E-state index in [4.69, 9.17) is 0 Å². The summed E-state index contributed by atoms with van der Waals surface area (Å²) in [5.41, 5.74) is 4.31. The van der Waals surface area contributed by atoms with Crippen LogP contribution >= 0.6 is 0 Å². The number of benzene rings is 2. The van der Waals surface area contributed by atoms with Crippen molar-refractivity contribution in [1.82, 2.24) is 19.5 Å². The van der Waals surface area contributed by atoms with Gasteiger partial charge in [-0.1, -0.05) is 31.4 Å². The number of carboxylic acids is 1. The first-order valence-corrected chi connectivity index (χ1v) is 12.5. The molecule has 0 aliphatic heterocycles. The quantitative estimate of drug-likeness (QED) is 0.339. The molecule has 1 aliphatic rings. The molecule has 192 valence electrons. The molecule has 0 saturated heterocycles. The molecule has 1 amide bonds. The molecule has 3 N–H and O–H groups in total. The number of carbonyl (C=O) groups is 2. The maximum Gasteiger partial charge on any atom is 0.326 e. The maximum absolute atomic E-state index is 13.6. The molecular formula is C28H29FN4O4. The van der Waals surface area contributed by atoms with E-state index in [1.165, 1.54) is 30.7 Å². The normalized spacial score (nSPS) is 15.1. The van der Waals surface area contributed by atoms with Gasteiger partial charge in [0.15, 0.2) is 5.69 Å². The van der Waals surface area contributed by atoms with Crippen molar-refractivity contribution in [2.45, 2.75) is 50.5 Å². The Morgan fingerprint density at radius 2 is 1.76 bits per heavy atom. The van der Waals surface area contributed by atoms with Crippen molar-refractivity contribution in [2.75, 3.05) is 0 Å². The fourth-order valence-electron chi connectivity index (χ4n) is 5.28. The number of imidazole rings is 1. The highest BCUT2D eigenvalue weighted by atomic mass is 19.1. The SMILES string of the molecule is Cn1c(-c2ccc(F)cc2)c(C2CCCCC2)n2nc(C(=O)N[C@@H](Cc3ccc(O)cc3)C(=O)O)cc12. The zero-order chi connectivity index (χ0) is 26.1. The van der Waals surface area contributed by atoms with Gasteiger partial charge in [-0.2, -0.15) is 5.10 Å². The van der Waals surface area contributed by atoms with Crippen LogP contribution in [0, 0.1) is 5.82 Å². The molecule has 0 unspecified atom stereocenters. The van der Waals surface area contributed by atoms with Crippen LogP contribution in [0.2, 0.25) is 0 Å². The Morgan fingerprint density at radius 1 is 1.08 bits per heavy atom. The van der Waals surface area contributed by atoms with E-state index in [0.717, 1.165) is 42.6 Å². The first-order valence-electron chi connectivity index (χ1n) is 12.5. The van der Waals surface area contributed by atoms with Gasteiger partial charge in [0.1, 0.15) is 23.3 Å². The molecule has 1 atom stereocenters. The van der Waals surface area contributed by atoms with Crippen molar-refractivity contribution in [3.63, 3.8) is 0 Å². The van der Waals surface area contributed by atoms with E-state index in [0.29, 0.717) is 11.2 Å². The molecule has 8 nitrogen and oxygen atoms in total. The average molecular weight is 505 g/mol. The molecular weight excluding hydrogens is 475 g/mol. The fraction of sp³-hybridized carbons (Fsp3) is 0.321. The lowest BCUT2D eigenvalue weighted by Crippen LogP contribution is -2.42. The monoisotopic (exact) mass is 504 g/mol. The summed E-state index contributed by atoms with van der Waals surface area (Å²) in [4.78, 5) is 25.0. The third kappa shape index (κ3) is 4.94. The van der Waals surface area contributed by atoms with Crippen molar-refractivity contribution < 1.29 is 24.2 Å². The Labute approximate surface area is 213 Å². The lowest BCUT2D eigenvalue weighted by molar-refractivity contribution is -0.139. The van der Waals surface area contributed by atoms with Gasteiger partial charge in [0.2, 0.25) is 0 Å². The van der Waals surface area contributed by atoms with Crippen molar-refractivity contribution in [1.29, 1.82) is 0 Å². The average Bonchev–Trinajstić information content (AvgIpc) is 3.44. The number of nitrogens with one attached hydrogen (secondary N) is 1. The number of nitrogens with zero attached hydrogens (tertiary/aromatic N) is 3. The minimum absolute atomic E-state index is 0.0662. The number of halogens is 1. The van der Waals surface area contributed by atoms with Gasteiger partial charge in [-0.05, 0) is 54.8 Å². The van der Waals surface area contributed by atoms with Crippen LogP contribution in [0.1, 0.15) is 59.8 Å². The molecule has 2 aromatic carbocycles. The topological polar surface area (TPSA) is 109 Å². The number of rotatable bonds is 7. The number of carbonyl (C=O) groups excluding carboxylic acids is 1. The van der Waals surface area contributed by atoms with Gasteiger partial charge in [0.25, 0.3) is 5.91 Å². The van der Waals surface area contributed by atoms with Gasteiger partial charge in [0, 0.05) is 31.0 Å². The fourth-order valence-corrected chi connectivity index (χ4v) is 5.28. The van der Waals surface area contributed by atoms with E-state index < -0.39 is 17.9 Å². The van der Waals surface area contributed by atoms with Crippen molar-refractivity contribution in [2.24, 2.45) is 7.05 Å². The van der Waals surface area contributed by atoms with Gasteiger partial charge in [-0.25, -0.2) is 13.7 Å². The number of aromatic hydroxyl groups is 1. The minimum Gasteiger partial charge on any atom is -0.508 e. The summed E-state index contributed by atoms with van der Waals surface area (Å²) in [5.74, 6) is -1.71. The Morgan fingerprint density at radius 3 is 2.41 bits per heavy atom. The number of carboxylic acid groups (broad SMARTS) is 1. The van der Waals surface area contributed by atoms with Gasteiger partial charge in [-0.15, -0.1) is 0 Å². The van der Waals surface area contributed by atoms with Crippen molar-refractivity contribution in [3.05, 3.63) is 77.4 Å². The molecule has 4 aromatic rings. The number of aryl methyl sites for hydroxylation is 1. The number of fused-ring (bicyclic) bond motifs is 1. The second kappa shape index (κ2) is 10.1. The number of aromatic nitrogens is 3. The Bertz CT molecular complexity index is 1430. The minimum atomic E-state index is -1.16. The molecule has 1 fully saturated rings. The van der Waals surface area contributed by atoms with Gasteiger partial charge < -0.3 is 20.1 Å². The standard InChI is InChI=1S/C28H29FN4O4/c1-32-24-16-22(27(35)30-23(28(36)37)15-17-7-13-21(34)14-8-17)31-33(24)26(18-5-3-2-4-6-18)25(32)19-9-11-20(29)12-10-19/h7-14,16,18,23,34H,2-6,15H2,1H3,(H,30,35)(H,36,37)/t23-/m0/s1. The molecule has 37 heavy (non-hydrogen) atoms. The highest BCUT2D eigenvalue weighted by Gasteiger charge is 2.29. The van der Waals surface area contributed by atoms with Crippen LogP contribution in [-0.4, -0.2) is 42.3 Å². The summed E-state index contributed by atoms with van der Waals surface area (Å²) in [6, 6.07) is 13.1. The third-order valence-electron chi connectivity index (χ3n) is 7.16. The number of phenolic OH excluding ortho intramolecular Hbond substituents is 1. The number of phenols is 1. The number of hydrogen-bond donors (Lipinski definition) is 3. The lowest BCUT2D eigenvalue weighted by atomic mass is 9.85. The van der Waals surface area contributed by atoms with Crippen LogP contribution in [0.3, 0.4) is 0 Å². The Balaban J connectivity index is 1.49. The second-order valence-corrected chi connectivity index (χ2v) is 9.67. The third-order valence-corrected chi connectivity index (χ3v) is 7.16. The summed E-state index contributed by atoms with van der Waals surface area (Å²) >= 11 is 0. The van der Waals surface area contributed by atoms with E-state index in [1.54, 1.807) is 34.8 Å². The molecule has 2 heterocycles. The van der Waals surface area contributed by atoms with Crippen LogP contribution < -0.4 is 5.32 Å². The first-order chi connectivity index (χ1) is 17.8. The predicted molar refractivity (Wildman–Crippen MR) is 136 cm³/mol. The molecule has 1 aliphatic carbocycles. The zero-order valence-electron chi connectivity index (χ0n) is 20.5. The number of amides is 1. The highest BCUT2D eigenvalue weighted by Crippen LogP contribution is 2.39. The van der Waals surface area contributed by atoms with Gasteiger partial charge in [0.05, 0.1) is 11.4 Å². The summed E-state index contributed by atoms with van der Waals surface area (Å²) in [5, 5.41) is 26.4. The van der Waals surface area contributed by atoms with Crippen LogP contribution in [-0.2, 0) is 18.3 Å². The van der Waals surface area contributed by atoms with Gasteiger partial charge >= 0.3 is 5.97 Å². The molecule has 0 bridgehead atoms. The summed E-state index contributed by atoms with van der Waals surface area (Å²) in [6.45, 7) is 0. The Kier molecular flexibility index (Phi) is 6.69. The van der Waals surface area contributed by atoms with Gasteiger partial charge in [-0.3, -0.25) is 4.79 Å². The smallest absolute Gasteiger partial charge is 0.326 e. The van der Waals surface area contributed by atoms with Crippen LogP contribution in [0.15, 0.2) is 54.6 Å². The van der Waals surface area contributed by atoms with E-state index in [2.05, 4.69) is 10.4 Å². The second-order valence-electron chi connectivity index (χ2n) is 9.67. The maximum atomic E-state index is 13.6. The molecule has 2 aromatic heterocycles. The number of aliphatic carboxylic acids is 1. The van der Waals surface area contributed by atoms with Crippen molar-refractivity contribution >= 4 is 17.5 Å². The predicted octanol–water partition coefficient (Wildman–Crippen LogP) is 4.66. The van der Waals surface area contributed by atoms with Crippen LogP contribution in [0.4, 0.5) is 4.39 Å². The first kappa shape index (κ1) is 24.5. The van der Waals surface area contributed by atoms with E-state index in [-0.39, 0.29) is 29.6 Å². The van der Waals surface area contributed by atoms with Crippen molar-refractivity contribution in [3.8, 4) is 17.0 Å². The molecule has 0 radical (unpaired) electrons. The Hall–Kier alpha value is -4.14. The van der Waals surface area contributed by atoms with E-state index in [1.807, 2.05) is 11.6 Å². The van der Waals surface area contributed by atoms with Crippen LogP contribution in [0.5, 0.6) is 5.75 Å². The van der Waals surface area contributed by atoms with Crippen LogP contribution in [0.25, 0.3) is 16.9 Å². The summed E-state index contributed by atoms with van der Waals surface area (Å²) in [6.07, 6.45) is 5.47. The molecule has 0 spiro atoms.